The number of rotatable bonds is 8. The van der Waals surface area contributed by atoms with E-state index in [1.54, 1.807) is 11.0 Å². The Hall–Kier alpha value is -4.60. The number of halogens is 1. The van der Waals surface area contributed by atoms with Gasteiger partial charge in [0.1, 0.15) is 29.4 Å². The zero-order valence-corrected chi connectivity index (χ0v) is 21.6. The maximum absolute atomic E-state index is 14.3. The molecular weight excluding hydrogens is 499 g/mol. The van der Waals surface area contributed by atoms with Crippen molar-refractivity contribution in [2.45, 2.75) is 31.7 Å². The van der Waals surface area contributed by atoms with E-state index in [-0.39, 0.29) is 29.7 Å². The molecule has 2 aromatic carbocycles. The Morgan fingerprint density at radius 2 is 2.00 bits per heavy atom. The SMILES string of the molecule is C=CC(=O)N1CCC[C@@H](n2nc(-c3ccc(CCC(=O)c4ccc(OC)cc4F)cc3)c3c(N)ncnc32)C1. The van der Waals surface area contributed by atoms with E-state index < -0.39 is 5.82 Å². The summed E-state index contributed by atoms with van der Waals surface area (Å²) < 4.78 is 21.1. The maximum Gasteiger partial charge on any atom is 0.246 e. The van der Waals surface area contributed by atoms with Gasteiger partial charge in [-0.2, -0.15) is 5.10 Å². The fourth-order valence-corrected chi connectivity index (χ4v) is 5.01. The molecule has 1 aliphatic rings. The molecule has 3 heterocycles. The third-order valence-electron chi connectivity index (χ3n) is 7.09. The molecule has 0 aliphatic carbocycles. The number of aryl methyl sites for hydroxylation is 1. The molecule has 0 unspecified atom stereocenters. The predicted octanol–water partition coefficient (Wildman–Crippen LogP) is 4.39. The Kier molecular flexibility index (Phi) is 7.36. The minimum atomic E-state index is -0.591. The first-order valence-corrected chi connectivity index (χ1v) is 12.8. The molecule has 0 radical (unpaired) electrons. The number of carbonyl (C=O) groups is 2. The minimum Gasteiger partial charge on any atom is -0.497 e. The molecule has 1 aliphatic heterocycles. The van der Waals surface area contributed by atoms with Crippen LogP contribution in [0.15, 0.2) is 61.4 Å². The van der Waals surface area contributed by atoms with Crippen LogP contribution in [0.4, 0.5) is 10.2 Å². The topological polar surface area (TPSA) is 116 Å². The summed E-state index contributed by atoms with van der Waals surface area (Å²) in [6.45, 7) is 4.79. The van der Waals surface area contributed by atoms with Gasteiger partial charge in [-0.1, -0.05) is 30.8 Å². The first-order chi connectivity index (χ1) is 18.9. The van der Waals surface area contributed by atoms with Crippen molar-refractivity contribution in [3.63, 3.8) is 0 Å². The number of nitrogens with two attached hydrogens (primary N) is 1. The van der Waals surface area contributed by atoms with E-state index in [9.17, 15) is 14.0 Å². The number of anilines is 1. The average Bonchev–Trinajstić information content (AvgIpc) is 3.36. The van der Waals surface area contributed by atoms with Crippen LogP contribution in [0.5, 0.6) is 5.75 Å². The lowest BCUT2D eigenvalue weighted by molar-refractivity contribution is -0.127. The highest BCUT2D eigenvalue weighted by Gasteiger charge is 2.28. The van der Waals surface area contributed by atoms with Crippen LogP contribution >= 0.6 is 0 Å². The molecule has 0 spiro atoms. The van der Waals surface area contributed by atoms with Crippen molar-refractivity contribution in [2.24, 2.45) is 0 Å². The molecule has 0 saturated carbocycles. The third kappa shape index (κ3) is 5.22. The van der Waals surface area contributed by atoms with Crippen LogP contribution in [0, 0.1) is 5.82 Å². The number of carbonyl (C=O) groups excluding carboxylic acids is 2. The lowest BCUT2D eigenvalue weighted by Crippen LogP contribution is -2.40. The van der Waals surface area contributed by atoms with Gasteiger partial charge in [0, 0.05) is 31.1 Å². The van der Waals surface area contributed by atoms with E-state index >= 15 is 0 Å². The van der Waals surface area contributed by atoms with Crippen LogP contribution in [-0.4, -0.2) is 56.5 Å². The lowest BCUT2D eigenvalue weighted by Gasteiger charge is -2.32. The standard InChI is InChI=1S/C29H29FN6O3/c1-3-25(38)35-14-4-5-20(16-35)36-29-26(28(31)32-17-33-29)27(34-36)19-9-6-18(7-10-19)8-13-24(37)22-12-11-21(39-2)15-23(22)30/h3,6-7,9-12,15,17,20H,1,4-5,8,13-14,16H2,2H3,(H2,31,32,33)/t20-/m1/s1. The molecule has 200 valence electrons. The molecule has 10 heteroatoms. The molecule has 4 aromatic rings. The second-order valence-corrected chi connectivity index (χ2v) is 9.50. The van der Waals surface area contributed by atoms with Crippen molar-refractivity contribution >= 4 is 28.5 Å². The number of hydrogen-bond donors (Lipinski definition) is 1. The van der Waals surface area contributed by atoms with Gasteiger partial charge in [0.25, 0.3) is 0 Å². The van der Waals surface area contributed by atoms with Gasteiger partial charge < -0.3 is 15.4 Å². The maximum atomic E-state index is 14.3. The summed E-state index contributed by atoms with van der Waals surface area (Å²) in [5.41, 5.74) is 9.35. The van der Waals surface area contributed by atoms with E-state index in [4.69, 9.17) is 15.6 Å². The Bertz CT molecular complexity index is 1550. The lowest BCUT2D eigenvalue weighted by atomic mass is 10.0. The predicted molar refractivity (Wildman–Crippen MR) is 146 cm³/mol. The Balaban J connectivity index is 1.37. The van der Waals surface area contributed by atoms with Crippen LogP contribution in [0.2, 0.25) is 0 Å². The number of likely N-dealkylation sites (tertiary alicyclic amines) is 1. The van der Waals surface area contributed by atoms with Crippen molar-refractivity contribution in [1.29, 1.82) is 0 Å². The summed E-state index contributed by atoms with van der Waals surface area (Å²) in [7, 11) is 1.45. The largest absolute Gasteiger partial charge is 0.497 e. The monoisotopic (exact) mass is 528 g/mol. The van der Waals surface area contributed by atoms with Gasteiger partial charge in [-0.25, -0.2) is 19.0 Å². The van der Waals surface area contributed by atoms with E-state index in [2.05, 4.69) is 16.5 Å². The smallest absolute Gasteiger partial charge is 0.246 e. The van der Waals surface area contributed by atoms with Gasteiger partial charge in [-0.3, -0.25) is 9.59 Å². The molecule has 2 N–H and O–H groups in total. The minimum absolute atomic E-state index is 0.0518. The highest BCUT2D eigenvalue weighted by atomic mass is 19.1. The van der Waals surface area contributed by atoms with Crippen LogP contribution < -0.4 is 10.5 Å². The van der Waals surface area contributed by atoms with Crippen LogP contribution in [0.1, 0.15) is 41.2 Å². The van der Waals surface area contributed by atoms with Crippen molar-refractivity contribution in [3.05, 3.63) is 78.4 Å². The summed E-state index contributed by atoms with van der Waals surface area (Å²) in [5.74, 6) is -0.273. The number of aromatic nitrogens is 4. The number of ether oxygens (including phenoxy) is 1. The summed E-state index contributed by atoms with van der Waals surface area (Å²) in [4.78, 5) is 35.3. The number of methoxy groups -OCH3 is 1. The van der Waals surface area contributed by atoms with E-state index in [1.165, 1.54) is 31.6 Å². The molecule has 0 bridgehead atoms. The van der Waals surface area contributed by atoms with Gasteiger partial charge in [0.15, 0.2) is 11.4 Å². The highest BCUT2D eigenvalue weighted by molar-refractivity contribution is 5.98. The number of Topliss-reactive ketones (excluding diaryl/α,β-unsaturated/α-hetero) is 1. The van der Waals surface area contributed by atoms with Crippen molar-refractivity contribution < 1.29 is 18.7 Å². The fraction of sp³-hybridized carbons (Fsp3) is 0.276. The van der Waals surface area contributed by atoms with Gasteiger partial charge in [0.2, 0.25) is 5.91 Å². The number of amides is 1. The van der Waals surface area contributed by atoms with Crippen molar-refractivity contribution in [2.75, 3.05) is 25.9 Å². The first kappa shape index (κ1) is 26.0. The summed E-state index contributed by atoms with van der Waals surface area (Å²) in [6.07, 6.45) is 5.07. The normalized spacial score (nSPS) is 15.3. The molecule has 1 atom stereocenters. The molecule has 9 nitrogen and oxygen atoms in total. The van der Waals surface area contributed by atoms with Gasteiger partial charge in [-0.15, -0.1) is 0 Å². The van der Waals surface area contributed by atoms with Crippen LogP contribution in [0.3, 0.4) is 0 Å². The highest BCUT2D eigenvalue weighted by Crippen LogP contribution is 2.34. The van der Waals surface area contributed by atoms with E-state index in [1.807, 2.05) is 28.9 Å². The van der Waals surface area contributed by atoms with Gasteiger partial charge in [-0.05, 0) is 43.0 Å². The molecule has 1 amide bonds. The van der Waals surface area contributed by atoms with E-state index in [0.29, 0.717) is 47.8 Å². The zero-order chi connectivity index (χ0) is 27.5. The Morgan fingerprint density at radius 1 is 1.21 bits per heavy atom. The van der Waals surface area contributed by atoms with Gasteiger partial charge in [0.05, 0.1) is 24.1 Å². The number of nitrogen functional groups attached to an aromatic ring is 1. The van der Waals surface area contributed by atoms with Crippen LogP contribution in [0.25, 0.3) is 22.3 Å². The third-order valence-corrected chi connectivity index (χ3v) is 7.09. The molecule has 5 rings (SSSR count). The fourth-order valence-electron chi connectivity index (χ4n) is 5.01. The quantitative estimate of drug-likeness (QED) is 0.266. The summed E-state index contributed by atoms with van der Waals surface area (Å²) in [5, 5.41) is 5.55. The number of hydrogen-bond acceptors (Lipinski definition) is 7. The van der Waals surface area contributed by atoms with Crippen LogP contribution in [-0.2, 0) is 11.2 Å². The zero-order valence-electron chi connectivity index (χ0n) is 21.6. The number of fused-ring (bicyclic) bond motifs is 1. The number of nitrogens with zero attached hydrogens (tertiary/aromatic N) is 5. The van der Waals surface area contributed by atoms with Crippen molar-refractivity contribution in [1.82, 2.24) is 24.6 Å². The number of piperidine rings is 1. The molecule has 1 fully saturated rings. The Labute approximate surface area is 225 Å². The second kappa shape index (κ2) is 11.0. The van der Waals surface area contributed by atoms with E-state index in [0.717, 1.165) is 24.0 Å². The Morgan fingerprint density at radius 3 is 2.72 bits per heavy atom. The number of benzene rings is 2. The summed E-state index contributed by atoms with van der Waals surface area (Å²) in [6, 6.07) is 11.9. The first-order valence-electron chi connectivity index (χ1n) is 12.8. The average molecular weight is 529 g/mol. The van der Waals surface area contributed by atoms with Gasteiger partial charge >= 0.3 is 0 Å². The second-order valence-electron chi connectivity index (χ2n) is 9.50. The molecule has 39 heavy (non-hydrogen) atoms. The molecular formula is C29H29FN6O3. The molecule has 1 saturated heterocycles. The van der Waals surface area contributed by atoms with Crippen molar-refractivity contribution in [3.8, 4) is 17.0 Å². The molecule has 2 aromatic heterocycles. The summed E-state index contributed by atoms with van der Waals surface area (Å²) >= 11 is 0. The number of ketones is 1.